The van der Waals surface area contributed by atoms with Crippen molar-refractivity contribution in [3.63, 3.8) is 0 Å². The number of anilines is 1. The van der Waals surface area contributed by atoms with Crippen molar-refractivity contribution in [3.8, 4) is 0 Å². The highest BCUT2D eigenvalue weighted by atomic mass is 35.5. The Labute approximate surface area is 132 Å². The molecule has 0 bridgehead atoms. The number of benzene rings is 1. The van der Waals surface area contributed by atoms with Crippen LogP contribution in [-0.2, 0) is 16.1 Å². The Hall–Kier alpha value is -2.60. The van der Waals surface area contributed by atoms with Gasteiger partial charge in [0.15, 0.2) is 0 Å². The van der Waals surface area contributed by atoms with Gasteiger partial charge >= 0.3 is 0 Å². The number of hydrogen-bond donors (Lipinski definition) is 3. The second-order valence-electron chi connectivity index (χ2n) is 4.70. The molecular formula is C15H15ClN4O2. The Morgan fingerprint density at radius 1 is 1.18 bits per heavy atom. The summed E-state index contributed by atoms with van der Waals surface area (Å²) >= 11 is 5.80. The molecule has 0 aliphatic heterocycles. The highest BCUT2D eigenvalue weighted by Gasteiger charge is 2.26. The van der Waals surface area contributed by atoms with Crippen molar-refractivity contribution in [2.75, 3.05) is 5.73 Å². The van der Waals surface area contributed by atoms with Gasteiger partial charge in [0.1, 0.15) is 11.7 Å². The summed E-state index contributed by atoms with van der Waals surface area (Å²) in [6, 6.07) is 9.77. The lowest BCUT2D eigenvalue weighted by molar-refractivity contribution is -0.130. The van der Waals surface area contributed by atoms with Gasteiger partial charge < -0.3 is 16.8 Å². The molecule has 0 saturated heterocycles. The number of hydrogen-bond acceptors (Lipinski definition) is 4. The lowest BCUT2D eigenvalue weighted by atomic mass is 9.97. The van der Waals surface area contributed by atoms with Crippen LogP contribution in [0, 0.1) is 0 Å². The first kappa shape index (κ1) is 15.8. The van der Waals surface area contributed by atoms with Gasteiger partial charge in [0.25, 0.3) is 0 Å². The number of halogens is 1. The van der Waals surface area contributed by atoms with Crippen LogP contribution < -0.4 is 16.8 Å². The molecule has 114 valence electrons. The molecule has 1 heterocycles. The lowest BCUT2D eigenvalue weighted by Crippen LogP contribution is -2.36. The molecular weight excluding hydrogens is 304 g/mol. The van der Waals surface area contributed by atoms with Crippen LogP contribution in [0.25, 0.3) is 0 Å². The van der Waals surface area contributed by atoms with Gasteiger partial charge in [-0.25, -0.2) is 4.98 Å². The number of nitrogens with one attached hydrogen (secondary N) is 1. The van der Waals surface area contributed by atoms with Gasteiger partial charge in [-0.15, -0.1) is 0 Å². The highest BCUT2D eigenvalue weighted by Crippen LogP contribution is 2.19. The minimum absolute atomic E-state index is 0.226. The molecule has 7 heteroatoms. The molecule has 22 heavy (non-hydrogen) atoms. The molecule has 1 atom stereocenters. The monoisotopic (exact) mass is 318 g/mol. The molecule has 0 aliphatic carbocycles. The van der Waals surface area contributed by atoms with Crippen LogP contribution in [0.3, 0.4) is 0 Å². The van der Waals surface area contributed by atoms with Crippen LogP contribution in [0.1, 0.15) is 17.0 Å². The van der Waals surface area contributed by atoms with E-state index in [2.05, 4.69) is 10.3 Å². The number of carbonyl (C=O) groups excluding carboxylic acids is 2. The number of nitrogens with two attached hydrogens (primary N) is 2. The number of primary amides is 1. The van der Waals surface area contributed by atoms with Crippen molar-refractivity contribution in [1.82, 2.24) is 10.3 Å². The molecule has 0 radical (unpaired) electrons. The second-order valence-corrected chi connectivity index (χ2v) is 5.13. The highest BCUT2D eigenvalue weighted by molar-refractivity contribution is 6.30. The molecule has 2 rings (SSSR count). The van der Waals surface area contributed by atoms with E-state index in [0.717, 1.165) is 5.56 Å². The maximum atomic E-state index is 12.2. The normalized spacial score (nSPS) is 11.7. The van der Waals surface area contributed by atoms with Gasteiger partial charge in [-0.05, 0) is 29.3 Å². The van der Waals surface area contributed by atoms with Crippen LogP contribution in [0.4, 0.5) is 5.82 Å². The van der Waals surface area contributed by atoms with Crippen molar-refractivity contribution < 1.29 is 9.59 Å². The summed E-state index contributed by atoms with van der Waals surface area (Å²) in [6.07, 6.45) is 1.55. The standard InChI is InChI=1S/C15H15ClN4O2/c16-11-4-2-10(3-5-11)13(14(18)21)15(22)20-8-9-1-6-12(17)19-7-9/h1-7,13H,8H2,(H2,17,19)(H2,18,21)(H,20,22)/t13-/m0/s1. The van der Waals surface area contributed by atoms with E-state index in [1.807, 2.05) is 0 Å². The molecule has 5 N–H and O–H groups in total. The number of nitrogen functional groups attached to an aromatic ring is 1. The quantitative estimate of drug-likeness (QED) is 0.719. The van der Waals surface area contributed by atoms with E-state index in [1.165, 1.54) is 0 Å². The summed E-state index contributed by atoms with van der Waals surface area (Å²) in [5.74, 6) is -1.88. The van der Waals surface area contributed by atoms with Crippen molar-refractivity contribution in [2.24, 2.45) is 5.73 Å². The molecule has 1 aromatic carbocycles. The predicted molar refractivity (Wildman–Crippen MR) is 83.9 cm³/mol. The third-order valence-corrected chi connectivity index (χ3v) is 3.32. The van der Waals surface area contributed by atoms with Crippen molar-refractivity contribution in [2.45, 2.75) is 12.5 Å². The maximum Gasteiger partial charge on any atom is 0.237 e. The van der Waals surface area contributed by atoms with Crippen LogP contribution in [0.2, 0.25) is 5.02 Å². The smallest absolute Gasteiger partial charge is 0.237 e. The average molecular weight is 319 g/mol. The summed E-state index contributed by atoms with van der Waals surface area (Å²) in [6.45, 7) is 0.226. The molecule has 1 aromatic heterocycles. The second kappa shape index (κ2) is 6.91. The van der Waals surface area contributed by atoms with Crippen LogP contribution in [-0.4, -0.2) is 16.8 Å². The Balaban J connectivity index is 2.08. The number of rotatable bonds is 5. The molecule has 0 saturated carbocycles. The fraction of sp³-hybridized carbons (Fsp3) is 0.133. The van der Waals surface area contributed by atoms with Crippen molar-refractivity contribution in [1.29, 1.82) is 0 Å². The molecule has 0 fully saturated rings. The SMILES string of the molecule is NC(=O)[C@@H](C(=O)NCc1ccc(N)nc1)c1ccc(Cl)cc1. The Kier molecular flexibility index (Phi) is 4.95. The lowest BCUT2D eigenvalue weighted by Gasteiger charge is -2.14. The average Bonchev–Trinajstić information content (AvgIpc) is 2.48. The minimum atomic E-state index is -1.07. The maximum absolute atomic E-state index is 12.2. The van der Waals surface area contributed by atoms with E-state index in [4.69, 9.17) is 23.1 Å². The molecule has 2 amide bonds. The van der Waals surface area contributed by atoms with E-state index in [0.29, 0.717) is 16.4 Å². The van der Waals surface area contributed by atoms with Crippen molar-refractivity contribution >= 4 is 29.2 Å². The molecule has 6 nitrogen and oxygen atoms in total. The van der Waals surface area contributed by atoms with Gasteiger partial charge in [0.05, 0.1) is 0 Å². The fourth-order valence-electron chi connectivity index (χ4n) is 1.93. The first-order valence-corrected chi connectivity index (χ1v) is 6.88. The number of aromatic nitrogens is 1. The van der Waals surface area contributed by atoms with Gasteiger partial charge in [0.2, 0.25) is 11.8 Å². The number of carbonyl (C=O) groups is 2. The molecule has 0 aliphatic rings. The number of nitrogens with zero attached hydrogens (tertiary/aromatic N) is 1. The zero-order chi connectivity index (χ0) is 16.1. The van der Waals surface area contributed by atoms with Crippen molar-refractivity contribution in [3.05, 3.63) is 58.7 Å². The van der Waals surface area contributed by atoms with E-state index in [1.54, 1.807) is 42.6 Å². The van der Waals surface area contributed by atoms with E-state index in [-0.39, 0.29) is 6.54 Å². The summed E-state index contributed by atoms with van der Waals surface area (Å²) in [4.78, 5) is 27.7. The van der Waals surface area contributed by atoms with Gasteiger partial charge in [-0.1, -0.05) is 29.8 Å². The number of pyridine rings is 1. The third-order valence-electron chi connectivity index (χ3n) is 3.06. The third kappa shape index (κ3) is 3.95. The zero-order valence-electron chi connectivity index (χ0n) is 11.6. The number of amides is 2. The summed E-state index contributed by atoms with van der Waals surface area (Å²) < 4.78 is 0. The molecule has 2 aromatic rings. The minimum Gasteiger partial charge on any atom is -0.384 e. The van der Waals surface area contributed by atoms with Crippen LogP contribution in [0.15, 0.2) is 42.6 Å². The van der Waals surface area contributed by atoms with Crippen LogP contribution in [0.5, 0.6) is 0 Å². The van der Waals surface area contributed by atoms with E-state index < -0.39 is 17.7 Å². The summed E-state index contributed by atoms with van der Waals surface area (Å²) in [5.41, 5.74) is 12.1. The summed E-state index contributed by atoms with van der Waals surface area (Å²) in [5, 5.41) is 3.17. The Morgan fingerprint density at radius 2 is 1.86 bits per heavy atom. The Morgan fingerprint density at radius 3 is 2.41 bits per heavy atom. The summed E-state index contributed by atoms with van der Waals surface area (Å²) in [7, 11) is 0. The first-order valence-electron chi connectivity index (χ1n) is 6.50. The van der Waals surface area contributed by atoms with Gasteiger partial charge in [-0.2, -0.15) is 0 Å². The largest absolute Gasteiger partial charge is 0.384 e. The topological polar surface area (TPSA) is 111 Å². The zero-order valence-corrected chi connectivity index (χ0v) is 12.4. The van der Waals surface area contributed by atoms with Gasteiger partial charge in [0, 0.05) is 17.8 Å². The fourth-order valence-corrected chi connectivity index (χ4v) is 2.06. The van der Waals surface area contributed by atoms with E-state index >= 15 is 0 Å². The van der Waals surface area contributed by atoms with Gasteiger partial charge in [-0.3, -0.25) is 9.59 Å². The van der Waals surface area contributed by atoms with E-state index in [9.17, 15) is 9.59 Å². The predicted octanol–water partition coefficient (Wildman–Crippen LogP) is 1.20. The van der Waals surface area contributed by atoms with Crippen LogP contribution >= 0.6 is 11.6 Å². The first-order chi connectivity index (χ1) is 10.5. The molecule has 0 unspecified atom stereocenters. The Bertz CT molecular complexity index is 671. The molecule has 0 spiro atoms.